The first-order chi connectivity index (χ1) is 8.62. The fraction of sp³-hybridized carbons (Fsp3) is 1.00. The molecule has 11 heteroatoms. The molecule has 0 heterocycles. The normalized spacial score (nSPS) is 18.8. The molecular weight excluding hydrogens is 302 g/mol. The highest BCUT2D eigenvalue weighted by Gasteiger charge is 2.39. The second-order valence-corrected chi connectivity index (χ2v) is 6.71. The second-order valence-electron chi connectivity index (χ2n) is 3.76. The molecule has 0 spiro atoms. The summed E-state index contributed by atoms with van der Waals surface area (Å²) in [4.78, 5) is 17.5. The van der Waals surface area contributed by atoms with Gasteiger partial charge in [0.2, 0.25) is 0 Å². The van der Waals surface area contributed by atoms with Gasteiger partial charge >= 0.3 is 15.6 Å². The van der Waals surface area contributed by atoms with Gasteiger partial charge in [-0.25, -0.2) is 9.13 Å². The molecule has 19 heavy (non-hydrogen) atoms. The summed E-state index contributed by atoms with van der Waals surface area (Å²) in [7, 11) is -6.68. The lowest BCUT2D eigenvalue weighted by Gasteiger charge is -2.23. The molecule has 0 aromatic carbocycles. The van der Waals surface area contributed by atoms with Gasteiger partial charge in [-0.05, 0) is 13.8 Å². The van der Waals surface area contributed by atoms with E-state index in [0.29, 0.717) is 0 Å². The Morgan fingerprint density at radius 2 is 1.32 bits per heavy atom. The van der Waals surface area contributed by atoms with Gasteiger partial charge in [0.15, 0.2) is 0 Å². The van der Waals surface area contributed by atoms with E-state index in [1.165, 1.54) is 28.1 Å². The molecule has 0 aliphatic carbocycles. The fourth-order valence-electron chi connectivity index (χ4n) is 1.16. The van der Waals surface area contributed by atoms with Gasteiger partial charge < -0.3 is 19.3 Å². The van der Waals surface area contributed by atoms with Gasteiger partial charge in [-0.1, -0.05) is 0 Å². The molecule has 0 aliphatic rings. The molecular formula is C8H20O9P2. The van der Waals surface area contributed by atoms with Crippen LogP contribution in [0.25, 0.3) is 0 Å². The Hall–Kier alpha value is 0.180. The summed E-state index contributed by atoms with van der Waals surface area (Å²) < 4.78 is 46.4. The van der Waals surface area contributed by atoms with Crippen LogP contribution in [0.4, 0.5) is 0 Å². The zero-order valence-electron chi connectivity index (χ0n) is 11.2. The maximum absolute atomic E-state index is 12.1. The van der Waals surface area contributed by atoms with Gasteiger partial charge in [0.05, 0.1) is 25.4 Å². The van der Waals surface area contributed by atoms with Crippen LogP contribution in [-0.4, -0.2) is 49.4 Å². The molecule has 0 fully saturated rings. The molecule has 0 saturated carbocycles. The fourth-order valence-corrected chi connectivity index (χ4v) is 3.57. The van der Waals surface area contributed by atoms with Gasteiger partial charge in [0, 0.05) is 14.2 Å². The van der Waals surface area contributed by atoms with Crippen molar-refractivity contribution in [2.24, 2.45) is 0 Å². The van der Waals surface area contributed by atoms with E-state index in [9.17, 15) is 9.13 Å². The second kappa shape index (κ2) is 8.46. The standard InChI is InChI=1S/C8H20O9P2/c1-7(5-13-3)15-19(12,17-18(9,10)11)16-8(2)6-14-4/h7-8H,5-6H2,1-4H3,(H2,9,10,11). The highest BCUT2D eigenvalue weighted by Crippen LogP contribution is 2.62. The number of rotatable bonds is 10. The van der Waals surface area contributed by atoms with Crippen LogP contribution < -0.4 is 0 Å². The van der Waals surface area contributed by atoms with Gasteiger partial charge in [0.1, 0.15) is 0 Å². The van der Waals surface area contributed by atoms with Crippen LogP contribution in [0.3, 0.4) is 0 Å². The third-order valence-corrected chi connectivity index (χ3v) is 4.51. The maximum Gasteiger partial charge on any atom is 0.484 e. The molecule has 2 atom stereocenters. The third kappa shape index (κ3) is 9.67. The first-order valence-corrected chi connectivity index (χ1v) is 8.32. The molecule has 0 rings (SSSR count). The van der Waals surface area contributed by atoms with E-state index in [0.717, 1.165) is 0 Å². The minimum Gasteiger partial charge on any atom is -0.382 e. The van der Waals surface area contributed by atoms with Gasteiger partial charge in [-0.3, -0.25) is 9.05 Å². The van der Waals surface area contributed by atoms with E-state index < -0.39 is 27.9 Å². The summed E-state index contributed by atoms with van der Waals surface area (Å²) >= 11 is 0. The first kappa shape index (κ1) is 19.2. The molecule has 0 saturated heterocycles. The zero-order chi connectivity index (χ0) is 15.1. The van der Waals surface area contributed by atoms with Crippen molar-refractivity contribution in [2.75, 3.05) is 27.4 Å². The lowest BCUT2D eigenvalue weighted by molar-refractivity contribution is 0.0241. The number of hydrogen-bond donors (Lipinski definition) is 2. The molecule has 0 amide bonds. The molecule has 0 bridgehead atoms. The van der Waals surface area contributed by atoms with Crippen molar-refractivity contribution in [3.63, 3.8) is 0 Å². The predicted octanol–water partition coefficient (Wildman–Crippen LogP) is 1.31. The molecule has 0 aromatic rings. The predicted molar refractivity (Wildman–Crippen MR) is 65.6 cm³/mol. The SMILES string of the molecule is COCC(C)OP(=O)(OC(C)COC)OP(=O)(O)O. The van der Waals surface area contributed by atoms with Crippen LogP contribution in [0.15, 0.2) is 0 Å². The van der Waals surface area contributed by atoms with E-state index in [2.05, 4.69) is 4.31 Å². The van der Waals surface area contributed by atoms with Gasteiger partial charge in [0.25, 0.3) is 0 Å². The summed E-state index contributed by atoms with van der Waals surface area (Å²) in [5.74, 6) is 0. The van der Waals surface area contributed by atoms with Crippen molar-refractivity contribution in [1.82, 2.24) is 0 Å². The van der Waals surface area contributed by atoms with Crippen LogP contribution in [0, 0.1) is 0 Å². The van der Waals surface area contributed by atoms with Crippen molar-refractivity contribution in [1.29, 1.82) is 0 Å². The summed E-state index contributed by atoms with van der Waals surface area (Å²) in [6.07, 6.45) is -1.48. The topological polar surface area (TPSA) is 121 Å². The summed E-state index contributed by atoms with van der Waals surface area (Å²) in [5, 5.41) is 0. The number of phosphoric acid groups is 2. The number of phosphoric ester groups is 1. The van der Waals surface area contributed by atoms with Gasteiger partial charge in [-0.2, -0.15) is 4.31 Å². The van der Waals surface area contributed by atoms with Crippen molar-refractivity contribution < 1.29 is 41.7 Å². The van der Waals surface area contributed by atoms with Crippen molar-refractivity contribution in [3.8, 4) is 0 Å². The van der Waals surface area contributed by atoms with E-state index in [1.54, 1.807) is 0 Å². The van der Waals surface area contributed by atoms with Crippen molar-refractivity contribution >= 4 is 15.6 Å². The van der Waals surface area contributed by atoms with Crippen LogP contribution in [0.1, 0.15) is 13.8 Å². The number of hydrogen-bond acceptors (Lipinski definition) is 7. The largest absolute Gasteiger partial charge is 0.484 e. The Kier molecular flexibility index (Phi) is 8.54. The summed E-state index contributed by atoms with van der Waals surface area (Å²) in [6, 6.07) is 0. The molecule has 116 valence electrons. The Labute approximate surface area is 112 Å². The van der Waals surface area contributed by atoms with Crippen LogP contribution >= 0.6 is 15.6 Å². The summed E-state index contributed by atoms with van der Waals surface area (Å²) in [6.45, 7) is 3.08. The zero-order valence-corrected chi connectivity index (χ0v) is 13.0. The summed E-state index contributed by atoms with van der Waals surface area (Å²) in [5.41, 5.74) is 0. The Bertz CT molecular complexity index is 323. The van der Waals surface area contributed by atoms with Gasteiger partial charge in [-0.15, -0.1) is 0 Å². The van der Waals surface area contributed by atoms with Crippen molar-refractivity contribution in [2.45, 2.75) is 26.1 Å². The Balaban J connectivity index is 4.81. The number of ether oxygens (including phenoxy) is 2. The quantitative estimate of drug-likeness (QED) is 0.573. The number of methoxy groups -OCH3 is 2. The van der Waals surface area contributed by atoms with Crippen LogP contribution in [-0.2, 0) is 32.0 Å². The molecule has 2 unspecified atom stereocenters. The Morgan fingerprint density at radius 1 is 0.947 bits per heavy atom. The van der Waals surface area contributed by atoms with Crippen LogP contribution in [0.5, 0.6) is 0 Å². The van der Waals surface area contributed by atoms with Crippen molar-refractivity contribution in [3.05, 3.63) is 0 Å². The molecule has 9 nitrogen and oxygen atoms in total. The lowest BCUT2D eigenvalue weighted by atomic mass is 10.5. The molecule has 0 aromatic heterocycles. The van der Waals surface area contributed by atoms with E-state index in [1.807, 2.05) is 0 Å². The van der Waals surface area contributed by atoms with E-state index in [4.69, 9.17) is 28.3 Å². The highest BCUT2D eigenvalue weighted by molar-refractivity contribution is 7.61. The molecule has 0 aliphatic heterocycles. The Morgan fingerprint density at radius 3 is 1.58 bits per heavy atom. The van der Waals surface area contributed by atoms with E-state index in [-0.39, 0.29) is 13.2 Å². The maximum atomic E-state index is 12.1. The van der Waals surface area contributed by atoms with Crippen LogP contribution in [0.2, 0.25) is 0 Å². The molecule has 2 N–H and O–H groups in total. The first-order valence-electron chi connectivity index (χ1n) is 5.33. The average Bonchev–Trinajstić information content (AvgIpc) is 2.12. The average molecular weight is 322 g/mol. The smallest absolute Gasteiger partial charge is 0.382 e. The minimum absolute atomic E-state index is 0.0521. The highest BCUT2D eigenvalue weighted by atomic mass is 31.3. The minimum atomic E-state index is -5.03. The third-order valence-electron chi connectivity index (χ3n) is 1.63. The lowest BCUT2D eigenvalue weighted by Crippen LogP contribution is -2.19. The monoisotopic (exact) mass is 322 g/mol. The molecule has 0 radical (unpaired) electrons. The van der Waals surface area contributed by atoms with E-state index >= 15 is 0 Å².